The van der Waals surface area contributed by atoms with Crippen LogP contribution in [0.4, 0.5) is 5.82 Å². The molecule has 0 aliphatic rings. The van der Waals surface area contributed by atoms with Crippen molar-refractivity contribution in [3.05, 3.63) is 50.0 Å². The lowest BCUT2D eigenvalue weighted by atomic mass is 10.2. The average molecular weight is 492 g/mol. The molecule has 144 valence electrons. The SMILES string of the molecule is Cc1cc(SCC(=O)OC(C)C(=O)Nc2ncc(Cl)cc2Cl)c(C)cc1Br. The van der Waals surface area contributed by atoms with Gasteiger partial charge in [-0.05, 0) is 50.1 Å². The summed E-state index contributed by atoms with van der Waals surface area (Å²) in [5.41, 5.74) is 2.14. The Bertz CT molecular complexity index is 880. The molecule has 0 aliphatic heterocycles. The van der Waals surface area contributed by atoms with Crippen LogP contribution in [0.5, 0.6) is 0 Å². The highest BCUT2D eigenvalue weighted by Crippen LogP contribution is 2.28. The highest BCUT2D eigenvalue weighted by Gasteiger charge is 2.20. The number of amides is 1. The van der Waals surface area contributed by atoms with Gasteiger partial charge in [0.05, 0.1) is 15.8 Å². The minimum Gasteiger partial charge on any atom is -0.452 e. The highest BCUT2D eigenvalue weighted by atomic mass is 79.9. The quantitative estimate of drug-likeness (QED) is 0.431. The van der Waals surface area contributed by atoms with E-state index >= 15 is 0 Å². The predicted octanol–water partition coefficient (Wildman–Crippen LogP) is 5.43. The molecule has 2 rings (SSSR count). The number of esters is 1. The van der Waals surface area contributed by atoms with Crippen molar-refractivity contribution in [1.82, 2.24) is 4.98 Å². The molecule has 5 nitrogen and oxygen atoms in total. The number of rotatable bonds is 6. The van der Waals surface area contributed by atoms with Gasteiger partial charge in [0, 0.05) is 15.6 Å². The van der Waals surface area contributed by atoms with Crippen molar-refractivity contribution in [2.45, 2.75) is 31.8 Å². The van der Waals surface area contributed by atoms with E-state index in [1.807, 2.05) is 26.0 Å². The van der Waals surface area contributed by atoms with Crippen LogP contribution in [0.2, 0.25) is 10.0 Å². The van der Waals surface area contributed by atoms with Gasteiger partial charge in [-0.15, -0.1) is 11.8 Å². The molecule has 1 atom stereocenters. The Morgan fingerprint density at radius 2 is 1.96 bits per heavy atom. The minimum absolute atomic E-state index is 0.0967. The fourth-order valence-electron chi connectivity index (χ4n) is 2.06. The lowest BCUT2D eigenvalue weighted by molar-refractivity contribution is -0.150. The van der Waals surface area contributed by atoms with E-state index in [0.29, 0.717) is 5.02 Å². The first-order valence-corrected chi connectivity index (χ1v) is 10.4. The summed E-state index contributed by atoms with van der Waals surface area (Å²) >= 11 is 16.6. The largest absolute Gasteiger partial charge is 0.452 e. The predicted molar refractivity (Wildman–Crippen MR) is 113 cm³/mol. The van der Waals surface area contributed by atoms with Crippen molar-refractivity contribution in [3.8, 4) is 0 Å². The highest BCUT2D eigenvalue weighted by molar-refractivity contribution is 9.10. The van der Waals surface area contributed by atoms with Crippen LogP contribution >= 0.6 is 50.9 Å². The zero-order valence-electron chi connectivity index (χ0n) is 14.8. The Morgan fingerprint density at radius 3 is 2.63 bits per heavy atom. The number of ether oxygens (including phenoxy) is 1. The van der Waals surface area contributed by atoms with E-state index in [4.69, 9.17) is 27.9 Å². The zero-order chi connectivity index (χ0) is 20.1. The molecule has 0 saturated heterocycles. The van der Waals surface area contributed by atoms with Gasteiger partial charge in [0.1, 0.15) is 0 Å². The molecule has 0 aliphatic carbocycles. The molecule has 1 aromatic carbocycles. The second-order valence-electron chi connectivity index (χ2n) is 5.76. The minimum atomic E-state index is -0.987. The lowest BCUT2D eigenvalue weighted by Gasteiger charge is -2.14. The number of hydrogen-bond donors (Lipinski definition) is 1. The maximum absolute atomic E-state index is 12.2. The lowest BCUT2D eigenvalue weighted by Crippen LogP contribution is -2.30. The third kappa shape index (κ3) is 6.38. The first kappa shape index (κ1) is 22.0. The van der Waals surface area contributed by atoms with Crippen LogP contribution in [0, 0.1) is 13.8 Å². The normalized spacial score (nSPS) is 11.8. The Kier molecular flexibility index (Phi) is 7.97. The molecule has 1 heterocycles. The van der Waals surface area contributed by atoms with Gasteiger partial charge in [0.15, 0.2) is 11.9 Å². The number of nitrogens with zero attached hydrogens (tertiary/aromatic N) is 1. The molecule has 1 N–H and O–H groups in total. The second-order valence-corrected chi connectivity index (χ2v) is 8.48. The summed E-state index contributed by atoms with van der Waals surface area (Å²) < 4.78 is 6.21. The van der Waals surface area contributed by atoms with Crippen LogP contribution in [-0.4, -0.2) is 28.7 Å². The van der Waals surface area contributed by atoms with Crippen molar-refractivity contribution < 1.29 is 14.3 Å². The number of benzene rings is 1. The number of aromatic nitrogens is 1. The fraction of sp³-hybridized carbons (Fsp3) is 0.278. The standard InChI is InChI=1S/C18H17BrCl2N2O3S/c1-9-5-15(10(2)4-13(9)19)27-8-16(24)26-11(3)18(25)23-17-14(21)6-12(20)7-22-17/h4-7,11H,8H2,1-3H3,(H,22,23,25). The smallest absolute Gasteiger partial charge is 0.317 e. The van der Waals surface area contributed by atoms with Gasteiger partial charge in [-0.1, -0.05) is 39.1 Å². The van der Waals surface area contributed by atoms with Crippen LogP contribution in [0.1, 0.15) is 18.1 Å². The average Bonchev–Trinajstić information content (AvgIpc) is 2.59. The van der Waals surface area contributed by atoms with Gasteiger partial charge in [-0.3, -0.25) is 9.59 Å². The zero-order valence-corrected chi connectivity index (χ0v) is 18.7. The summed E-state index contributed by atoms with van der Waals surface area (Å²) in [5.74, 6) is -0.762. The van der Waals surface area contributed by atoms with E-state index in [-0.39, 0.29) is 16.6 Å². The maximum atomic E-state index is 12.2. The molecule has 9 heteroatoms. The van der Waals surface area contributed by atoms with E-state index in [2.05, 4.69) is 26.2 Å². The number of anilines is 1. The van der Waals surface area contributed by atoms with Crippen molar-refractivity contribution in [1.29, 1.82) is 0 Å². The first-order valence-electron chi connectivity index (χ1n) is 7.88. The van der Waals surface area contributed by atoms with E-state index in [9.17, 15) is 9.59 Å². The monoisotopic (exact) mass is 490 g/mol. The summed E-state index contributed by atoms with van der Waals surface area (Å²) in [4.78, 5) is 29.2. The van der Waals surface area contributed by atoms with Gasteiger partial charge in [-0.2, -0.15) is 0 Å². The number of pyridine rings is 1. The molecule has 0 radical (unpaired) electrons. The Morgan fingerprint density at radius 1 is 1.26 bits per heavy atom. The van der Waals surface area contributed by atoms with Gasteiger partial charge < -0.3 is 10.1 Å². The summed E-state index contributed by atoms with van der Waals surface area (Å²) in [6.07, 6.45) is 0.373. The molecule has 0 saturated carbocycles. The van der Waals surface area contributed by atoms with Gasteiger partial charge in [0.25, 0.3) is 5.91 Å². The van der Waals surface area contributed by atoms with E-state index in [1.165, 1.54) is 30.9 Å². The van der Waals surface area contributed by atoms with Crippen LogP contribution in [0.3, 0.4) is 0 Å². The maximum Gasteiger partial charge on any atom is 0.317 e. The molecule has 1 unspecified atom stereocenters. The number of halogens is 3. The number of carbonyl (C=O) groups excluding carboxylic acids is 2. The number of thioether (sulfide) groups is 1. The topological polar surface area (TPSA) is 68.3 Å². The van der Waals surface area contributed by atoms with E-state index in [0.717, 1.165) is 20.5 Å². The second kappa shape index (κ2) is 9.78. The number of aryl methyl sites for hydroxylation is 2. The third-order valence-electron chi connectivity index (χ3n) is 3.53. The van der Waals surface area contributed by atoms with Gasteiger partial charge in [0.2, 0.25) is 0 Å². The van der Waals surface area contributed by atoms with Crippen LogP contribution in [-0.2, 0) is 14.3 Å². The summed E-state index contributed by atoms with van der Waals surface area (Å²) in [5, 5.41) is 3.06. The molecular weight excluding hydrogens is 475 g/mol. The van der Waals surface area contributed by atoms with Gasteiger partial charge >= 0.3 is 5.97 Å². The number of carbonyl (C=O) groups is 2. The van der Waals surface area contributed by atoms with Gasteiger partial charge in [-0.25, -0.2) is 4.98 Å². The number of nitrogens with one attached hydrogen (secondary N) is 1. The summed E-state index contributed by atoms with van der Waals surface area (Å²) in [6.45, 7) is 5.43. The van der Waals surface area contributed by atoms with Crippen LogP contribution < -0.4 is 5.32 Å². The van der Waals surface area contributed by atoms with Crippen molar-refractivity contribution >= 4 is 68.6 Å². The third-order valence-corrected chi connectivity index (χ3v) is 6.01. The summed E-state index contributed by atoms with van der Waals surface area (Å²) in [6, 6.07) is 5.46. The Hall–Kier alpha value is -1.28. The molecule has 2 aromatic rings. The van der Waals surface area contributed by atoms with Crippen molar-refractivity contribution in [2.75, 3.05) is 11.1 Å². The molecule has 1 amide bonds. The van der Waals surface area contributed by atoms with Crippen molar-refractivity contribution in [3.63, 3.8) is 0 Å². The molecular formula is C18H17BrCl2N2O3S. The Balaban J connectivity index is 1.89. The Labute approximate surface area is 180 Å². The van der Waals surface area contributed by atoms with Crippen LogP contribution in [0.15, 0.2) is 33.8 Å². The molecule has 27 heavy (non-hydrogen) atoms. The molecule has 1 aromatic heterocycles. The van der Waals surface area contributed by atoms with Crippen molar-refractivity contribution in [2.24, 2.45) is 0 Å². The molecule has 0 spiro atoms. The van der Waals surface area contributed by atoms with Crippen LogP contribution in [0.25, 0.3) is 0 Å². The summed E-state index contributed by atoms with van der Waals surface area (Å²) in [7, 11) is 0. The molecule has 0 bridgehead atoms. The van der Waals surface area contributed by atoms with E-state index in [1.54, 1.807) is 0 Å². The number of hydrogen-bond acceptors (Lipinski definition) is 5. The first-order chi connectivity index (χ1) is 12.7. The van der Waals surface area contributed by atoms with E-state index < -0.39 is 18.0 Å². The fourth-order valence-corrected chi connectivity index (χ4v) is 3.83. The molecule has 0 fully saturated rings.